The second kappa shape index (κ2) is 3.20. The van der Waals surface area contributed by atoms with Crippen molar-refractivity contribution >= 4 is 11.5 Å². The largest absolute Gasteiger partial charge is 0.361 e. The zero-order valence-electron chi connectivity index (χ0n) is 7.73. The molecule has 1 fully saturated rings. The molecule has 0 unspecified atom stereocenters. The van der Waals surface area contributed by atoms with Crippen molar-refractivity contribution in [3.8, 4) is 0 Å². The third-order valence-electron chi connectivity index (χ3n) is 2.34. The average Bonchev–Trinajstić information content (AvgIpc) is 2.71. The molecule has 1 aliphatic heterocycles. The number of rotatable bonds is 2. The summed E-state index contributed by atoms with van der Waals surface area (Å²) in [5, 5.41) is 4.17. The minimum Gasteiger partial charge on any atom is -0.361 e. The molecular formula is C9H13N3O. The monoisotopic (exact) mass is 179 g/mol. The molecule has 70 valence electrons. The van der Waals surface area contributed by atoms with Gasteiger partial charge in [0.2, 0.25) is 0 Å². The van der Waals surface area contributed by atoms with E-state index in [2.05, 4.69) is 10.00 Å². The van der Waals surface area contributed by atoms with Crippen LogP contribution in [0, 0.1) is 0 Å². The number of aromatic nitrogens is 2. The van der Waals surface area contributed by atoms with Crippen LogP contribution in [0.2, 0.25) is 0 Å². The number of nitrogens with zero attached hydrogens (tertiary/aromatic N) is 3. The van der Waals surface area contributed by atoms with Gasteiger partial charge in [0.25, 0.3) is 0 Å². The molecule has 1 aromatic rings. The molecule has 1 aliphatic rings. The number of carbonyl (C=O) groups is 1. The van der Waals surface area contributed by atoms with E-state index in [-0.39, 0.29) is 0 Å². The van der Waals surface area contributed by atoms with Gasteiger partial charge in [-0.25, -0.2) is 0 Å². The van der Waals surface area contributed by atoms with Crippen LogP contribution in [0.1, 0.15) is 13.3 Å². The zero-order chi connectivity index (χ0) is 9.26. The summed E-state index contributed by atoms with van der Waals surface area (Å²) in [4.78, 5) is 13.1. The minimum absolute atomic E-state index is 0.323. The first-order valence-electron chi connectivity index (χ1n) is 4.58. The lowest BCUT2D eigenvalue weighted by Gasteiger charge is -2.12. The van der Waals surface area contributed by atoms with Crippen LogP contribution in [0.3, 0.4) is 0 Å². The van der Waals surface area contributed by atoms with Gasteiger partial charge in [-0.1, -0.05) is 0 Å². The molecule has 4 nitrogen and oxygen atoms in total. The zero-order valence-corrected chi connectivity index (χ0v) is 7.73. The predicted octanol–water partition coefficient (Wildman–Crippen LogP) is 0.682. The number of anilines is 1. The fourth-order valence-corrected chi connectivity index (χ4v) is 1.54. The lowest BCUT2D eigenvalue weighted by Crippen LogP contribution is -2.18. The van der Waals surface area contributed by atoms with Crippen molar-refractivity contribution in [2.75, 3.05) is 18.0 Å². The fraction of sp³-hybridized carbons (Fsp3) is 0.556. The Balaban J connectivity index is 2.12. The smallest absolute Gasteiger partial charge is 0.153 e. The molecule has 0 amide bonds. The SMILES string of the molecule is CCn1cc(N2CCC(=O)C2)cn1. The first kappa shape index (κ1) is 8.29. The summed E-state index contributed by atoms with van der Waals surface area (Å²) in [6.45, 7) is 4.32. The van der Waals surface area contributed by atoms with E-state index in [0.717, 1.165) is 18.8 Å². The molecule has 0 bridgehead atoms. The molecule has 0 atom stereocenters. The van der Waals surface area contributed by atoms with Gasteiger partial charge >= 0.3 is 0 Å². The van der Waals surface area contributed by atoms with E-state index in [4.69, 9.17) is 0 Å². The van der Waals surface area contributed by atoms with E-state index >= 15 is 0 Å². The summed E-state index contributed by atoms with van der Waals surface area (Å²) in [7, 11) is 0. The molecule has 2 rings (SSSR count). The Morgan fingerprint density at radius 2 is 2.46 bits per heavy atom. The van der Waals surface area contributed by atoms with Gasteiger partial charge in [-0.3, -0.25) is 9.48 Å². The van der Waals surface area contributed by atoms with E-state index < -0.39 is 0 Å². The normalized spacial score (nSPS) is 17.0. The first-order chi connectivity index (χ1) is 6.29. The molecule has 0 N–H and O–H groups in total. The van der Waals surface area contributed by atoms with Crippen LogP contribution in [0.25, 0.3) is 0 Å². The summed E-state index contributed by atoms with van der Waals surface area (Å²) >= 11 is 0. The quantitative estimate of drug-likeness (QED) is 0.670. The first-order valence-corrected chi connectivity index (χ1v) is 4.58. The van der Waals surface area contributed by atoms with E-state index in [1.807, 2.05) is 24.0 Å². The number of hydrogen-bond donors (Lipinski definition) is 0. The Labute approximate surface area is 77.1 Å². The lowest BCUT2D eigenvalue weighted by molar-refractivity contribution is -0.116. The summed E-state index contributed by atoms with van der Waals surface area (Å²) in [6.07, 6.45) is 4.48. The Bertz CT molecular complexity index is 318. The highest BCUT2D eigenvalue weighted by atomic mass is 16.1. The second-order valence-corrected chi connectivity index (χ2v) is 3.26. The van der Waals surface area contributed by atoms with Crippen LogP contribution in [-0.4, -0.2) is 28.7 Å². The molecule has 1 saturated heterocycles. The van der Waals surface area contributed by atoms with Crippen LogP contribution in [-0.2, 0) is 11.3 Å². The standard InChI is InChI=1S/C9H13N3O/c1-2-12-6-8(5-10-12)11-4-3-9(13)7-11/h5-6H,2-4,7H2,1H3. The maximum atomic E-state index is 11.0. The number of aryl methyl sites for hydroxylation is 1. The van der Waals surface area contributed by atoms with E-state index in [0.29, 0.717) is 18.7 Å². The van der Waals surface area contributed by atoms with Gasteiger partial charge in [-0.2, -0.15) is 5.10 Å². The van der Waals surface area contributed by atoms with Crippen molar-refractivity contribution in [1.29, 1.82) is 0 Å². The van der Waals surface area contributed by atoms with Crippen LogP contribution >= 0.6 is 0 Å². The summed E-state index contributed by atoms with van der Waals surface area (Å²) in [5.74, 6) is 0.323. The van der Waals surface area contributed by atoms with Crippen molar-refractivity contribution in [2.24, 2.45) is 0 Å². The van der Waals surface area contributed by atoms with Crippen molar-refractivity contribution in [1.82, 2.24) is 9.78 Å². The number of Topliss-reactive ketones (excluding diaryl/α,β-unsaturated/α-hetero) is 1. The maximum Gasteiger partial charge on any atom is 0.153 e. The highest BCUT2D eigenvalue weighted by Gasteiger charge is 2.20. The van der Waals surface area contributed by atoms with Crippen LogP contribution in [0.4, 0.5) is 5.69 Å². The van der Waals surface area contributed by atoms with Crippen molar-refractivity contribution in [2.45, 2.75) is 19.9 Å². The highest BCUT2D eigenvalue weighted by Crippen LogP contribution is 2.16. The molecule has 0 aromatic carbocycles. The molecule has 2 heterocycles. The molecule has 0 radical (unpaired) electrons. The Kier molecular flexibility index (Phi) is 2.04. The molecule has 0 spiro atoms. The topological polar surface area (TPSA) is 38.1 Å². The van der Waals surface area contributed by atoms with Crippen LogP contribution in [0.5, 0.6) is 0 Å². The van der Waals surface area contributed by atoms with Gasteiger partial charge in [-0.05, 0) is 6.92 Å². The molecule has 0 aliphatic carbocycles. The van der Waals surface area contributed by atoms with Crippen molar-refractivity contribution in [3.05, 3.63) is 12.4 Å². The maximum absolute atomic E-state index is 11.0. The van der Waals surface area contributed by atoms with Gasteiger partial charge in [0, 0.05) is 25.7 Å². The fourth-order valence-electron chi connectivity index (χ4n) is 1.54. The van der Waals surface area contributed by atoms with Crippen molar-refractivity contribution in [3.63, 3.8) is 0 Å². The molecule has 1 aromatic heterocycles. The highest BCUT2D eigenvalue weighted by molar-refractivity contribution is 5.86. The minimum atomic E-state index is 0.323. The summed E-state index contributed by atoms with van der Waals surface area (Å²) < 4.78 is 1.87. The van der Waals surface area contributed by atoms with E-state index in [1.54, 1.807) is 0 Å². The molecular weight excluding hydrogens is 166 g/mol. The Morgan fingerprint density at radius 3 is 3.00 bits per heavy atom. The van der Waals surface area contributed by atoms with E-state index in [1.165, 1.54) is 0 Å². The summed E-state index contributed by atoms with van der Waals surface area (Å²) in [6, 6.07) is 0. The Hall–Kier alpha value is -1.32. The number of carbonyl (C=O) groups excluding carboxylic acids is 1. The third-order valence-corrected chi connectivity index (χ3v) is 2.34. The number of hydrogen-bond acceptors (Lipinski definition) is 3. The van der Waals surface area contributed by atoms with E-state index in [9.17, 15) is 4.79 Å². The third kappa shape index (κ3) is 1.56. The predicted molar refractivity (Wildman–Crippen MR) is 49.7 cm³/mol. The average molecular weight is 179 g/mol. The Morgan fingerprint density at radius 1 is 1.62 bits per heavy atom. The van der Waals surface area contributed by atoms with Crippen LogP contribution < -0.4 is 4.90 Å². The molecule has 4 heteroatoms. The lowest BCUT2D eigenvalue weighted by atomic mass is 10.4. The number of ketones is 1. The van der Waals surface area contributed by atoms with Crippen molar-refractivity contribution < 1.29 is 4.79 Å². The van der Waals surface area contributed by atoms with Gasteiger partial charge in [0.15, 0.2) is 5.78 Å². The summed E-state index contributed by atoms with van der Waals surface area (Å²) in [5.41, 5.74) is 1.06. The molecule has 0 saturated carbocycles. The van der Waals surface area contributed by atoms with Crippen LogP contribution in [0.15, 0.2) is 12.4 Å². The second-order valence-electron chi connectivity index (χ2n) is 3.26. The van der Waals surface area contributed by atoms with Gasteiger partial charge in [-0.15, -0.1) is 0 Å². The van der Waals surface area contributed by atoms with Gasteiger partial charge in [0.05, 0.1) is 18.4 Å². The molecule has 13 heavy (non-hydrogen) atoms. The van der Waals surface area contributed by atoms with Gasteiger partial charge < -0.3 is 4.90 Å². The van der Waals surface area contributed by atoms with Gasteiger partial charge in [0.1, 0.15) is 0 Å².